The number of fused-ring (bicyclic) bond motifs is 2. The van der Waals surface area contributed by atoms with Crippen LogP contribution in [0.4, 0.5) is 5.69 Å². The van der Waals surface area contributed by atoms with Gasteiger partial charge < -0.3 is 20.1 Å². The lowest BCUT2D eigenvalue weighted by molar-refractivity contribution is -0.141. The average Bonchev–Trinajstić information content (AvgIpc) is 3.16. The Morgan fingerprint density at radius 3 is 2.56 bits per heavy atom. The summed E-state index contributed by atoms with van der Waals surface area (Å²) in [5.74, 6) is -0.457. The number of hydrogen-bond donors (Lipinski definition) is 2. The molecule has 0 radical (unpaired) electrons. The first-order valence-corrected chi connectivity index (χ1v) is 13.8. The molecule has 1 atom stereocenters. The third kappa shape index (κ3) is 6.39. The second kappa shape index (κ2) is 12.6. The maximum Gasteiger partial charge on any atom is 0.254 e. The van der Waals surface area contributed by atoms with Crippen LogP contribution in [0.25, 0.3) is 0 Å². The summed E-state index contributed by atoms with van der Waals surface area (Å²) >= 11 is 1.71. The number of hydrogen-bond acceptors (Lipinski definition) is 9. The molecular formula is C28H31N5O5S. The van der Waals surface area contributed by atoms with Gasteiger partial charge in [0.2, 0.25) is 5.91 Å². The molecule has 2 N–H and O–H groups in total. The van der Waals surface area contributed by atoms with Gasteiger partial charge in [-0.2, -0.15) is 0 Å². The molecule has 204 valence electrons. The molecule has 0 saturated carbocycles. The minimum atomic E-state index is -0.482. The molecule has 2 aromatic rings. The lowest BCUT2D eigenvalue weighted by Gasteiger charge is -2.43. The summed E-state index contributed by atoms with van der Waals surface area (Å²) in [6.45, 7) is 3.45. The second-order valence-electron chi connectivity index (χ2n) is 9.37. The van der Waals surface area contributed by atoms with Crippen molar-refractivity contribution in [1.82, 2.24) is 20.0 Å². The van der Waals surface area contributed by atoms with Crippen molar-refractivity contribution in [2.24, 2.45) is 4.99 Å². The number of aliphatic hydroxyl groups is 1. The summed E-state index contributed by atoms with van der Waals surface area (Å²) in [5, 5.41) is 12.0. The molecule has 1 fully saturated rings. The fraction of sp³-hybridized carbons (Fsp3) is 0.357. The highest BCUT2D eigenvalue weighted by molar-refractivity contribution is 7.99. The fourth-order valence-electron chi connectivity index (χ4n) is 4.85. The van der Waals surface area contributed by atoms with E-state index in [0.717, 1.165) is 44.9 Å². The normalized spacial score (nSPS) is 19.0. The molecule has 3 aliphatic heterocycles. The van der Waals surface area contributed by atoms with E-state index in [1.807, 2.05) is 30.3 Å². The SMILES string of the molecule is O=C(CN1C(=O)C=CC1=O)NCC1CN(C2=Nc3ccccc3Sc3ccccc32)CCN1CCOCCO. The Morgan fingerprint density at radius 1 is 1.03 bits per heavy atom. The Balaban J connectivity index is 1.33. The van der Waals surface area contributed by atoms with Crippen LogP contribution in [0.5, 0.6) is 0 Å². The Kier molecular flexibility index (Phi) is 8.72. The minimum Gasteiger partial charge on any atom is -0.394 e. The summed E-state index contributed by atoms with van der Waals surface area (Å²) < 4.78 is 5.51. The number of ether oxygens (including phenoxy) is 1. The van der Waals surface area contributed by atoms with Gasteiger partial charge in [-0.1, -0.05) is 42.1 Å². The number of carbonyl (C=O) groups excluding carboxylic acids is 3. The quantitative estimate of drug-likeness (QED) is 0.355. The molecule has 39 heavy (non-hydrogen) atoms. The number of benzene rings is 2. The molecule has 3 amide bonds. The summed E-state index contributed by atoms with van der Waals surface area (Å²) in [7, 11) is 0. The number of aliphatic imine (C=N–C) groups is 1. The maximum absolute atomic E-state index is 12.7. The number of nitrogens with zero attached hydrogens (tertiary/aromatic N) is 4. The van der Waals surface area contributed by atoms with E-state index in [4.69, 9.17) is 14.8 Å². The molecule has 0 bridgehead atoms. The molecule has 0 aromatic heterocycles. The lowest BCUT2D eigenvalue weighted by Crippen LogP contribution is -2.59. The number of rotatable bonds is 9. The van der Waals surface area contributed by atoms with Crippen LogP contribution in [0.2, 0.25) is 0 Å². The van der Waals surface area contributed by atoms with E-state index >= 15 is 0 Å². The van der Waals surface area contributed by atoms with Crippen LogP contribution in [0.1, 0.15) is 5.56 Å². The zero-order valence-electron chi connectivity index (χ0n) is 21.5. The molecule has 11 heteroatoms. The molecule has 2 aromatic carbocycles. The van der Waals surface area contributed by atoms with Gasteiger partial charge in [-0.3, -0.25) is 24.2 Å². The fourth-order valence-corrected chi connectivity index (χ4v) is 5.87. The van der Waals surface area contributed by atoms with Gasteiger partial charge in [0.25, 0.3) is 11.8 Å². The van der Waals surface area contributed by atoms with Crippen LogP contribution in [0.3, 0.4) is 0 Å². The van der Waals surface area contributed by atoms with E-state index in [1.54, 1.807) is 11.8 Å². The van der Waals surface area contributed by atoms with E-state index < -0.39 is 17.7 Å². The number of para-hydroxylation sites is 1. The summed E-state index contributed by atoms with van der Waals surface area (Å²) in [4.78, 5) is 49.2. The number of amidine groups is 1. The summed E-state index contributed by atoms with van der Waals surface area (Å²) in [5.41, 5.74) is 1.99. The molecule has 3 aliphatic rings. The van der Waals surface area contributed by atoms with Crippen LogP contribution in [0.15, 0.2) is 75.5 Å². The minimum absolute atomic E-state index is 0.0330. The molecule has 1 unspecified atom stereocenters. The van der Waals surface area contributed by atoms with Crippen LogP contribution < -0.4 is 5.32 Å². The highest BCUT2D eigenvalue weighted by atomic mass is 32.2. The van der Waals surface area contributed by atoms with Gasteiger partial charge in [0.1, 0.15) is 12.4 Å². The van der Waals surface area contributed by atoms with Crippen molar-refractivity contribution in [3.05, 3.63) is 66.2 Å². The summed E-state index contributed by atoms with van der Waals surface area (Å²) in [6, 6.07) is 16.3. The van der Waals surface area contributed by atoms with Crippen LogP contribution in [-0.2, 0) is 19.1 Å². The van der Waals surface area contributed by atoms with E-state index in [-0.39, 0.29) is 25.8 Å². The smallest absolute Gasteiger partial charge is 0.254 e. The van der Waals surface area contributed by atoms with Gasteiger partial charge in [-0.25, -0.2) is 4.99 Å². The van der Waals surface area contributed by atoms with Gasteiger partial charge in [0.15, 0.2) is 0 Å². The number of aliphatic hydroxyl groups excluding tert-OH is 1. The van der Waals surface area contributed by atoms with Gasteiger partial charge in [-0.15, -0.1) is 0 Å². The first kappa shape index (κ1) is 27.1. The van der Waals surface area contributed by atoms with E-state index in [9.17, 15) is 14.4 Å². The Labute approximate surface area is 231 Å². The first-order valence-electron chi connectivity index (χ1n) is 13.0. The van der Waals surface area contributed by atoms with Crippen molar-refractivity contribution in [2.45, 2.75) is 15.8 Å². The zero-order chi connectivity index (χ0) is 27.2. The second-order valence-corrected chi connectivity index (χ2v) is 10.5. The van der Waals surface area contributed by atoms with Gasteiger partial charge in [0, 0.05) is 66.3 Å². The monoisotopic (exact) mass is 549 g/mol. The molecule has 3 heterocycles. The molecule has 10 nitrogen and oxygen atoms in total. The molecule has 5 rings (SSSR count). The maximum atomic E-state index is 12.7. The summed E-state index contributed by atoms with van der Waals surface area (Å²) in [6.07, 6.45) is 2.34. The Bertz CT molecular complexity index is 1280. The van der Waals surface area contributed by atoms with Crippen molar-refractivity contribution in [3.8, 4) is 0 Å². The molecule has 0 spiro atoms. The van der Waals surface area contributed by atoms with Crippen molar-refractivity contribution in [1.29, 1.82) is 0 Å². The highest BCUT2D eigenvalue weighted by Crippen LogP contribution is 2.40. The lowest BCUT2D eigenvalue weighted by atomic mass is 10.1. The van der Waals surface area contributed by atoms with Gasteiger partial charge >= 0.3 is 0 Å². The number of imide groups is 1. The third-order valence-corrected chi connectivity index (χ3v) is 7.98. The molecule has 1 saturated heterocycles. The van der Waals surface area contributed by atoms with Crippen molar-refractivity contribution >= 4 is 41.0 Å². The zero-order valence-corrected chi connectivity index (χ0v) is 22.3. The van der Waals surface area contributed by atoms with Gasteiger partial charge in [0.05, 0.1) is 25.5 Å². The van der Waals surface area contributed by atoms with Crippen molar-refractivity contribution in [3.63, 3.8) is 0 Å². The van der Waals surface area contributed by atoms with E-state index in [2.05, 4.69) is 33.3 Å². The predicted molar refractivity (Wildman–Crippen MR) is 147 cm³/mol. The Hall–Kier alpha value is -3.51. The van der Waals surface area contributed by atoms with E-state index in [0.29, 0.717) is 26.2 Å². The number of nitrogens with one attached hydrogen (secondary N) is 1. The van der Waals surface area contributed by atoms with Crippen LogP contribution >= 0.6 is 11.8 Å². The third-order valence-electron chi connectivity index (χ3n) is 6.84. The predicted octanol–water partition coefficient (Wildman–Crippen LogP) is 1.27. The standard InChI is InChI=1S/C28H31N5O5S/c34-14-16-38-15-13-31-11-12-32(18-20(31)17-29-25(35)19-33-26(36)9-10-27(33)37)28-21-5-1-3-7-23(21)39-24-8-4-2-6-22(24)30-28/h1-10,20,34H,11-19H2,(H,29,35). The topological polar surface area (TPSA) is 115 Å². The number of carbonyl (C=O) groups is 3. The Morgan fingerprint density at radius 2 is 1.77 bits per heavy atom. The number of amides is 3. The molecular weight excluding hydrogens is 518 g/mol. The van der Waals surface area contributed by atoms with Crippen molar-refractivity contribution < 1.29 is 24.2 Å². The molecule has 0 aliphatic carbocycles. The first-order chi connectivity index (χ1) is 19.0. The number of piperazine rings is 1. The average molecular weight is 550 g/mol. The largest absolute Gasteiger partial charge is 0.394 e. The van der Waals surface area contributed by atoms with E-state index in [1.165, 1.54) is 12.2 Å². The van der Waals surface area contributed by atoms with Crippen LogP contribution in [0, 0.1) is 0 Å². The highest BCUT2D eigenvalue weighted by Gasteiger charge is 2.32. The van der Waals surface area contributed by atoms with Gasteiger partial charge in [-0.05, 0) is 18.2 Å². The van der Waals surface area contributed by atoms with Crippen molar-refractivity contribution in [2.75, 3.05) is 59.1 Å². The van der Waals surface area contributed by atoms with Crippen LogP contribution in [-0.4, -0.2) is 108 Å².